The molecule has 1 amide bonds. The minimum absolute atomic E-state index is 0.0777. The molecule has 0 fully saturated rings. The van der Waals surface area contributed by atoms with Crippen LogP contribution in [0.5, 0.6) is 0 Å². The summed E-state index contributed by atoms with van der Waals surface area (Å²) in [6.45, 7) is 0.0777. The van der Waals surface area contributed by atoms with E-state index in [2.05, 4.69) is 5.32 Å². The Bertz CT molecular complexity index is 1020. The maximum Gasteiger partial charge on any atom is 0.409 e. The summed E-state index contributed by atoms with van der Waals surface area (Å²) < 4.78 is 15.4. The lowest BCUT2D eigenvalue weighted by Gasteiger charge is -2.10. The monoisotopic (exact) mass is 372 g/mol. The largest absolute Gasteiger partial charge is 0.465 e. The minimum atomic E-state index is -1.14. The Balaban J connectivity index is 1.90. The number of hydrogen-bond acceptors (Lipinski definition) is 2. The van der Waals surface area contributed by atoms with Crippen LogP contribution in [0.15, 0.2) is 65.6 Å². The third-order valence-electron chi connectivity index (χ3n) is 3.81. The van der Waals surface area contributed by atoms with Crippen molar-refractivity contribution < 1.29 is 14.3 Å². The van der Waals surface area contributed by atoms with Gasteiger partial charge in [0.05, 0.1) is 6.54 Å². The highest BCUT2D eigenvalue weighted by Crippen LogP contribution is 2.21. The van der Waals surface area contributed by atoms with E-state index >= 15 is 0 Å². The first-order valence-electron chi connectivity index (χ1n) is 7.67. The molecular formula is C19H14ClFN2O3. The lowest BCUT2D eigenvalue weighted by Crippen LogP contribution is -2.19. The zero-order chi connectivity index (χ0) is 18.7. The molecule has 1 heterocycles. The summed E-state index contributed by atoms with van der Waals surface area (Å²) in [6.07, 6.45) is 0.493. The summed E-state index contributed by atoms with van der Waals surface area (Å²) in [6, 6.07) is 14.1. The van der Waals surface area contributed by atoms with Gasteiger partial charge >= 0.3 is 6.09 Å². The molecule has 3 aromatic rings. The molecule has 0 spiro atoms. The van der Waals surface area contributed by atoms with Gasteiger partial charge in [-0.25, -0.2) is 9.18 Å². The molecule has 3 rings (SSSR count). The van der Waals surface area contributed by atoms with Crippen molar-refractivity contribution in [3.8, 4) is 11.1 Å². The van der Waals surface area contributed by atoms with Crippen LogP contribution in [-0.4, -0.2) is 15.8 Å². The van der Waals surface area contributed by atoms with Gasteiger partial charge in [-0.1, -0.05) is 29.8 Å². The van der Waals surface area contributed by atoms with Crippen LogP contribution in [0.1, 0.15) is 5.56 Å². The van der Waals surface area contributed by atoms with Crippen molar-refractivity contribution >= 4 is 23.4 Å². The number of nitrogens with one attached hydrogen (secondary N) is 1. The second kappa shape index (κ2) is 7.41. The molecule has 5 nitrogen and oxygen atoms in total. The van der Waals surface area contributed by atoms with Crippen LogP contribution in [0.3, 0.4) is 0 Å². The summed E-state index contributed by atoms with van der Waals surface area (Å²) in [5.41, 5.74) is 2.09. The summed E-state index contributed by atoms with van der Waals surface area (Å²) in [5.74, 6) is -0.473. The highest BCUT2D eigenvalue weighted by Gasteiger charge is 2.07. The number of benzene rings is 2. The standard InChI is InChI=1S/C19H14ClFN2O3/c20-15-5-1-14(17(21)9-15)11-23-10-13(4-8-18(23)24)12-2-6-16(7-3-12)22-19(25)26/h1-10,22H,11H2,(H,25,26). The lowest BCUT2D eigenvalue weighted by atomic mass is 10.1. The second-order valence-electron chi connectivity index (χ2n) is 5.63. The van der Waals surface area contributed by atoms with E-state index in [-0.39, 0.29) is 12.1 Å². The lowest BCUT2D eigenvalue weighted by molar-refractivity contribution is 0.210. The van der Waals surface area contributed by atoms with Crippen molar-refractivity contribution in [2.45, 2.75) is 6.54 Å². The molecule has 1 aromatic heterocycles. The van der Waals surface area contributed by atoms with Crippen LogP contribution in [0, 0.1) is 5.82 Å². The van der Waals surface area contributed by atoms with Crippen molar-refractivity contribution in [1.82, 2.24) is 4.57 Å². The first-order chi connectivity index (χ1) is 12.4. The van der Waals surface area contributed by atoms with Crippen LogP contribution < -0.4 is 10.9 Å². The maximum atomic E-state index is 14.0. The molecule has 132 valence electrons. The van der Waals surface area contributed by atoms with Crippen molar-refractivity contribution in [1.29, 1.82) is 0 Å². The van der Waals surface area contributed by atoms with Crippen molar-refractivity contribution in [3.05, 3.63) is 87.6 Å². The van der Waals surface area contributed by atoms with Gasteiger partial charge in [0.1, 0.15) is 5.82 Å². The number of rotatable bonds is 4. The van der Waals surface area contributed by atoms with Crippen LogP contribution in [-0.2, 0) is 6.54 Å². The number of amides is 1. The molecule has 0 unspecified atom stereocenters. The Kier molecular flexibility index (Phi) is 5.04. The smallest absolute Gasteiger partial charge is 0.409 e. The molecule has 0 saturated carbocycles. The Hall–Kier alpha value is -3.12. The van der Waals surface area contributed by atoms with Gasteiger partial charge in [-0.2, -0.15) is 0 Å². The SMILES string of the molecule is O=C(O)Nc1ccc(-c2ccc(=O)n(Cc3ccc(Cl)cc3F)c2)cc1. The van der Waals surface area contributed by atoms with Gasteiger partial charge in [0.15, 0.2) is 0 Å². The topological polar surface area (TPSA) is 71.3 Å². The van der Waals surface area contributed by atoms with Gasteiger partial charge < -0.3 is 9.67 Å². The van der Waals surface area contributed by atoms with Crippen LogP contribution in [0.4, 0.5) is 14.9 Å². The Morgan fingerprint density at radius 1 is 1.08 bits per heavy atom. The van der Waals surface area contributed by atoms with E-state index in [1.54, 1.807) is 48.7 Å². The van der Waals surface area contributed by atoms with Gasteiger partial charge in [0.25, 0.3) is 5.56 Å². The first-order valence-corrected chi connectivity index (χ1v) is 8.05. The summed E-state index contributed by atoms with van der Waals surface area (Å²) in [5, 5.41) is 11.3. The van der Waals surface area contributed by atoms with E-state index in [9.17, 15) is 14.0 Å². The number of anilines is 1. The Morgan fingerprint density at radius 3 is 2.42 bits per heavy atom. The number of nitrogens with zero attached hydrogens (tertiary/aromatic N) is 1. The minimum Gasteiger partial charge on any atom is -0.465 e. The van der Waals surface area contributed by atoms with Crippen LogP contribution in [0.25, 0.3) is 11.1 Å². The third kappa shape index (κ3) is 4.10. The highest BCUT2D eigenvalue weighted by atomic mass is 35.5. The molecule has 0 aliphatic carbocycles. The van der Waals surface area contributed by atoms with E-state index in [1.165, 1.54) is 16.7 Å². The number of hydrogen-bond donors (Lipinski definition) is 2. The number of halogens is 2. The average molecular weight is 373 g/mol. The predicted octanol–water partition coefficient (Wildman–Crippen LogP) is 4.45. The van der Waals surface area contributed by atoms with E-state index in [1.807, 2.05) is 0 Å². The van der Waals surface area contributed by atoms with E-state index in [4.69, 9.17) is 16.7 Å². The predicted molar refractivity (Wildman–Crippen MR) is 98.3 cm³/mol. The fraction of sp³-hybridized carbons (Fsp3) is 0.0526. The van der Waals surface area contributed by atoms with Gasteiger partial charge in [0, 0.05) is 28.5 Å². The third-order valence-corrected chi connectivity index (χ3v) is 4.04. The quantitative estimate of drug-likeness (QED) is 0.711. The molecule has 26 heavy (non-hydrogen) atoms. The van der Waals surface area contributed by atoms with E-state index < -0.39 is 11.9 Å². The molecule has 2 N–H and O–H groups in total. The molecular weight excluding hydrogens is 359 g/mol. The van der Waals surface area contributed by atoms with Crippen molar-refractivity contribution in [2.24, 2.45) is 0 Å². The molecule has 7 heteroatoms. The first kappa shape index (κ1) is 17.7. The second-order valence-corrected chi connectivity index (χ2v) is 6.06. The highest BCUT2D eigenvalue weighted by molar-refractivity contribution is 6.30. The fourth-order valence-electron chi connectivity index (χ4n) is 2.53. The van der Waals surface area contributed by atoms with Gasteiger partial charge in [-0.3, -0.25) is 10.1 Å². The number of aromatic nitrogens is 1. The van der Waals surface area contributed by atoms with Crippen molar-refractivity contribution in [3.63, 3.8) is 0 Å². The molecule has 0 atom stereocenters. The molecule has 0 aliphatic heterocycles. The Morgan fingerprint density at radius 2 is 1.77 bits per heavy atom. The molecule has 0 radical (unpaired) electrons. The van der Waals surface area contributed by atoms with E-state index in [0.29, 0.717) is 16.3 Å². The van der Waals surface area contributed by atoms with Crippen molar-refractivity contribution in [2.75, 3.05) is 5.32 Å². The summed E-state index contributed by atoms with van der Waals surface area (Å²) in [7, 11) is 0. The van der Waals surface area contributed by atoms with Gasteiger partial charge in [0.2, 0.25) is 0 Å². The summed E-state index contributed by atoms with van der Waals surface area (Å²) >= 11 is 5.75. The maximum absolute atomic E-state index is 14.0. The number of carboxylic acid groups (broad SMARTS) is 1. The van der Waals surface area contributed by atoms with Gasteiger partial charge in [-0.05, 0) is 41.5 Å². The zero-order valence-electron chi connectivity index (χ0n) is 13.4. The fourth-order valence-corrected chi connectivity index (χ4v) is 2.69. The van der Waals surface area contributed by atoms with Gasteiger partial charge in [-0.15, -0.1) is 0 Å². The van der Waals surface area contributed by atoms with E-state index in [0.717, 1.165) is 11.1 Å². The molecule has 0 saturated heterocycles. The zero-order valence-corrected chi connectivity index (χ0v) is 14.2. The Labute approximate surface area is 153 Å². The molecule has 0 bridgehead atoms. The van der Waals surface area contributed by atoms with Crippen LogP contribution in [0.2, 0.25) is 5.02 Å². The summed E-state index contributed by atoms with van der Waals surface area (Å²) in [4.78, 5) is 22.7. The molecule has 0 aliphatic rings. The number of carbonyl (C=O) groups is 1. The van der Waals surface area contributed by atoms with Crippen LogP contribution >= 0.6 is 11.6 Å². The average Bonchev–Trinajstić information content (AvgIpc) is 2.59. The molecule has 2 aromatic carbocycles. The normalized spacial score (nSPS) is 10.5. The number of pyridine rings is 1.